The number of carbonyl (C=O) groups is 1. The Morgan fingerprint density at radius 3 is 2.35 bits per heavy atom. The van der Waals surface area contributed by atoms with Crippen LogP contribution in [0.5, 0.6) is 5.75 Å². The first-order valence-electron chi connectivity index (χ1n) is 12.3. The maximum absolute atomic E-state index is 14.2. The predicted octanol–water partition coefficient (Wildman–Crippen LogP) is 3.64. The molecule has 8 nitrogen and oxygen atoms in total. The molecule has 0 aromatic heterocycles. The summed E-state index contributed by atoms with van der Waals surface area (Å²) in [6.07, 6.45) is -1.15. The summed E-state index contributed by atoms with van der Waals surface area (Å²) in [4.78, 5) is 16.0. The average Bonchev–Trinajstić information content (AvgIpc) is 2.79. The molecule has 1 aromatic rings. The van der Waals surface area contributed by atoms with Crippen molar-refractivity contribution in [1.29, 1.82) is 0 Å². The van der Waals surface area contributed by atoms with Crippen LogP contribution in [-0.2, 0) is 19.3 Å². The summed E-state index contributed by atoms with van der Waals surface area (Å²) in [5.74, 6) is -0.470. The number of hydrogen-bond donors (Lipinski definition) is 0. The van der Waals surface area contributed by atoms with E-state index in [9.17, 15) is 30.8 Å². The lowest BCUT2D eigenvalue weighted by atomic mass is 9.85. The van der Waals surface area contributed by atoms with E-state index in [1.165, 1.54) is 17.0 Å². The Hall–Kier alpha value is -2.12. The lowest BCUT2D eigenvalue weighted by Crippen LogP contribution is -2.65. The number of piperazine rings is 1. The fourth-order valence-corrected chi connectivity index (χ4v) is 5.73. The highest BCUT2D eigenvalue weighted by Crippen LogP contribution is 2.40. The zero-order valence-corrected chi connectivity index (χ0v) is 21.6. The molecule has 2 saturated heterocycles. The van der Waals surface area contributed by atoms with Crippen LogP contribution < -0.4 is 4.74 Å². The number of rotatable bonds is 6. The molecule has 1 aliphatic carbocycles. The SMILES string of the molecule is C[C@H]1CN(C2CCC(COc3ccc(S(C)(=O)=O)cc3F)CC2)CCN1C(=O)OC1(C(F)(F)F)COC1. The summed E-state index contributed by atoms with van der Waals surface area (Å²) < 4.78 is 92.5. The van der Waals surface area contributed by atoms with Crippen LogP contribution in [0.3, 0.4) is 0 Å². The van der Waals surface area contributed by atoms with Gasteiger partial charge in [0, 0.05) is 38.0 Å². The molecular formula is C24H32F4N2O6S. The van der Waals surface area contributed by atoms with E-state index in [-0.39, 0.29) is 35.2 Å². The van der Waals surface area contributed by atoms with Crippen molar-refractivity contribution in [3.05, 3.63) is 24.0 Å². The smallest absolute Gasteiger partial charge is 0.433 e. The van der Waals surface area contributed by atoms with E-state index in [0.717, 1.165) is 38.0 Å². The van der Waals surface area contributed by atoms with E-state index in [4.69, 9.17) is 9.47 Å². The molecule has 208 valence electrons. The highest BCUT2D eigenvalue weighted by molar-refractivity contribution is 7.90. The van der Waals surface area contributed by atoms with E-state index < -0.39 is 46.7 Å². The number of sulfone groups is 1. The topological polar surface area (TPSA) is 85.4 Å². The van der Waals surface area contributed by atoms with Crippen LogP contribution in [0.15, 0.2) is 23.1 Å². The molecule has 0 radical (unpaired) electrons. The average molecular weight is 553 g/mol. The second-order valence-electron chi connectivity index (χ2n) is 10.2. The van der Waals surface area contributed by atoms with Crippen molar-refractivity contribution in [2.75, 3.05) is 45.7 Å². The molecule has 3 fully saturated rings. The van der Waals surface area contributed by atoms with Gasteiger partial charge in [-0.25, -0.2) is 17.6 Å². The number of benzene rings is 1. The van der Waals surface area contributed by atoms with E-state index in [1.54, 1.807) is 6.92 Å². The van der Waals surface area contributed by atoms with Crippen molar-refractivity contribution < 1.29 is 45.0 Å². The fraction of sp³-hybridized carbons (Fsp3) is 0.708. The Balaban J connectivity index is 1.23. The fourth-order valence-electron chi connectivity index (χ4n) is 5.10. The Kier molecular flexibility index (Phi) is 7.97. The monoisotopic (exact) mass is 552 g/mol. The molecule has 37 heavy (non-hydrogen) atoms. The highest BCUT2D eigenvalue weighted by atomic mass is 32.2. The number of carbonyl (C=O) groups excluding carboxylic acids is 1. The van der Waals surface area contributed by atoms with Gasteiger partial charge in [-0.2, -0.15) is 13.2 Å². The minimum absolute atomic E-state index is 0.0205. The van der Waals surface area contributed by atoms with E-state index in [2.05, 4.69) is 9.64 Å². The van der Waals surface area contributed by atoms with Gasteiger partial charge in [0.1, 0.15) is 0 Å². The molecule has 3 aliphatic rings. The van der Waals surface area contributed by atoms with Crippen molar-refractivity contribution in [1.82, 2.24) is 9.80 Å². The molecule has 1 saturated carbocycles. The zero-order chi connectivity index (χ0) is 27.0. The van der Waals surface area contributed by atoms with Crippen LogP contribution >= 0.6 is 0 Å². The first kappa shape index (κ1) is 27.9. The van der Waals surface area contributed by atoms with Crippen molar-refractivity contribution >= 4 is 15.9 Å². The lowest BCUT2D eigenvalue weighted by molar-refractivity contribution is -0.333. The van der Waals surface area contributed by atoms with Gasteiger partial charge >= 0.3 is 12.3 Å². The molecule has 2 aliphatic heterocycles. The summed E-state index contributed by atoms with van der Waals surface area (Å²) in [5.41, 5.74) is -2.56. The highest BCUT2D eigenvalue weighted by Gasteiger charge is 2.64. The molecular weight excluding hydrogens is 520 g/mol. The molecule has 0 bridgehead atoms. The van der Waals surface area contributed by atoms with Gasteiger partial charge in [0.25, 0.3) is 5.60 Å². The number of halogens is 4. The Morgan fingerprint density at radius 2 is 1.84 bits per heavy atom. The van der Waals surface area contributed by atoms with Gasteiger partial charge in [-0.1, -0.05) is 0 Å². The van der Waals surface area contributed by atoms with Crippen LogP contribution in [0.25, 0.3) is 0 Å². The van der Waals surface area contributed by atoms with Gasteiger partial charge in [-0.3, -0.25) is 4.90 Å². The summed E-state index contributed by atoms with van der Waals surface area (Å²) in [5, 5.41) is 0. The Labute approximate surface area is 213 Å². The number of ether oxygens (including phenoxy) is 3. The van der Waals surface area contributed by atoms with Crippen LogP contribution in [0.4, 0.5) is 22.4 Å². The Bertz CT molecular complexity index is 1090. The second-order valence-corrected chi connectivity index (χ2v) is 12.3. The molecule has 0 unspecified atom stereocenters. The van der Waals surface area contributed by atoms with Gasteiger partial charge in [0.15, 0.2) is 21.4 Å². The van der Waals surface area contributed by atoms with Crippen LogP contribution in [0.2, 0.25) is 0 Å². The number of hydrogen-bond acceptors (Lipinski definition) is 7. The first-order valence-corrected chi connectivity index (χ1v) is 14.2. The van der Waals surface area contributed by atoms with Crippen molar-refractivity contribution in [3.63, 3.8) is 0 Å². The molecule has 1 aromatic carbocycles. The molecule has 2 heterocycles. The lowest BCUT2D eigenvalue weighted by Gasteiger charge is -2.47. The van der Waals surface area contributed by atoms with E-state index in [1.807, 2.05) is 0 Å². The third kappa shape index (κ3) is 6.14. The molecule has 0 N–H and O–H groups in total. The first-order chi connectivity index (χ1) is 17.3. The van der Waals surface area contributed by atoms with E-state index >= 15 is 0 Å². The van der Waals surface area contributed by atoms with Gasteiger partial charge < -0.3 is 19.1 Å². The minimum Gasteiger partial charge on any atom is -0.490 e. The maximum atomic E-state index is 14.2. The van der Waals surface area contributed by atoms with Crippen LogP contribution in [0, 0.1) is 11.7 Å². The maximum Gasteiger partial charge on any atom is 0.433 e. The summed E-state index contributed by atoms with van der Waals surface area (Å²) in [6, 6.07) is 3.60. The third-order valence-electron chi connectivity index (χ3n) is 7.50. The summed E-state index contributed by atoms with van der Waals surface area (Å²) in [7, 11) is -3.50. The predicted molar refractivity (Wildman–Crippen MR) is 125 cm³/mol. The van der Waals surface area contributed by atoms with Gasteiger partial charge in [0.05, 0.1) is 24.7 Å². The van der Waals surface area contributed by atoms with Gasteiger partial charge in [-0.05, 0) is 56.7 Å². The molecule has 4 rings (SSSR count). The largest absolute Gasteiger partial charge is 0.490 e. The molecule has 1 atom stereocenters. The Morgan fingerprint density at radius 1 is 1.16 bits per heavy atom. The summed E-state index contributed by atoms with van der Waals surface area (Å²) in [6.45, 7) is 2.12. The van der Waals surface area contributed by atoms with Crippen molar-refractivity contribution in [3.8, 4) is 5.75 Å². The summed E-state index contributed by atoms with van der Waals surface area (Å²) >= 11 is 0. The molecule has 13 heteroatoms. The third-order valence-corrected chi connectivity index (χ3v) is 8.61. The van der Waals surface area contributed by atoms with Crippen LogP contribution in [0.1, 0.15) is 32.6 Å². The minimum atomic E-state index is -4.68. The van der Waals surface area contributed by atoms with Gasteiger partial charge in [-0.15, -0.1) is 0 Å². The molecule has 0 spiro atoms. The zero-order valence-electron chi connectivity index (χ0n) is 20.8. The quantitative estimate of drug-likeness (QED) is 0.499. The second kappa shape index (κ2) is 10.6. The number of nitrogens with zero attached hydrogens (tertiary/aromatic N) is 2. The standard InChI is InChI=1S/C24H32F4N2O6S/c1-16-12-29(9-10-30(16)22(31)36-23(14-34-15-23)24(26,27)28)18-5-3-17(4-6-18)13-35-21-8-7-19(11-20(21)25)37(2,32)33/h7-8,11,16-18H,3-6,9-10,12-15H2,1-2H3/t16-,17?,18?/m0/s1. The normalized spacial score (nSPS) is 26.9. The van der Waals surface area contributed by atoms with Crippen LogP contribution in [-0.4, -0.2) is 93.9 Å². The number of alkyl halides is 3. The molecule has 1 amide bonds. The van der Waals surface area contributed by atoms with E-state index in [0.29, 0.717) is 19.7 Å². The number of amides is 1. The van der Waals surface area contributed by atoms with Gasteiger partial charge in [0.2, 0.25) is 0 Å². The van der Waals surface area contributed by atoms with Crippen molar-refractivity contribution in [2.24, 2.45) is 5.92 Å². The van der Waals surface area contributed by atoms with Crippen molar-refractivity contribution in [2.45, 2.75) is 61.4 Å².